The zero-order valence-electron chi connectivity index (χ0n) is 15.3. The summed E-state index contributed by atoms with van der Waals surface area (Å²) in [6.45, 7) is 0.522. The lowest BCUT2D eigenvalue weighted by Crippen LogP contribution is -2.10. The van der Waals surface area contributed by atoms with Crippen molar-refractivity contribution < 1.29 is 18.3 Å². The van der Waals surface area contributed by atoms with Crippen LogP contribution in [0.2, 0.25) is 0 Å². The van der Waals surface area contributed by atoms with Gasteiger partial charge in [-0.15, -0.1) is 0 Å². The Morgan fingerprint density at radius 3 is 2.25 bits per heavy atom. The number of hydrogen-bond donors (Lipinski definition) is 1. The molecule has 3 nitrogen and oxygen atoms in total. The Hall–Kier alpha value is -3.21. The highest BCUT2D eigenvalue weighted by molar-refractivity contribution is 5.94. The molecule has 0 saturated heterocycles. The monoisotopic (exact) mass is 381 g/mol. The Balaban J connectivity index is 1.48. The summed E-state index contributed by atoms with van der Waals surface area (Å²) in [5.41, 5.74) is 8.31. The van der Waals surface area contributed by atoms with Crippen LogP contribution in [0.25, 0.3) is 11.1 Å². The van der Waals surface area contributed by atoms with Gasteiger partial charge in [0.2, 0.25) is 5.91 Å². The first kappa shape index (κ1) is 19.5. The van der Waals surface area contributed by atoms with Gasteiger partial charge in [-0.1, -0.05) is 24.3 Å². The summed E-state index contributed by atoms with van der Waals surface area (Å²) in [6.07, 6.45) is 2.16. The van der Waals surface area contributed by atoms with Crippen LogP contribution in [0.3, 0.4) is 0 Å². The zero-order chi connectivity index (χ0) is 19.9. The molecular weight excluding hydrogens is 360 g/mol. The molecule has 0 aromatic heterocycles. The van der Waals surface area contributed by atoms with Gasteiger partial charge in [0.15, 0.2) is 0 Å². The normalized spacial score (nSPS) is 10.6. The minimum Gasteiger partial charge on any atom is -0.494 e. The van der Waals surface area contributed by atoms with Crippen molar-refractivity contribution in [3.63, 3.8) is 0 Å². The van der Waals surface area contributed by atoms with E-state index < -0.39 is 17.5 Å². The highest BCUT2D eigenvalue weighted by Crippen LogP contribution is 2.23. The summed E-state index contributed by atoms with van der Waals surface area (Å²) in [4.78, 5) is 11.3. The molecule has 2 N–H and O–H groups in total. The van der Waals surface area contributed by atoms with Gasteiger partial charge in [-0.05, 0) is 72.4 Å². The van der Waals surface area contributed by atoms with Crippen LogP contribution in [0.15, 0.2) is 66.7 Å². The van der Waals surface area contributed by atoms with E-state index in [1.165, 1.54) is 12.1 Å². The number of rotatable bonds is 8. The van der Waals surface area contributed by atoms with E-state index in [1.807, 2.05) is 30.3 Å². The fourth-order valence-corrected chi connectivity index (χ4v) is 2.97. The maximum Gasteiger partial charge on any atom is 0.248 e. The highest BCUT2D eigenvalue weighted by Gasteiger charge is 2.04. The van der Waals surface area contributed by atoms with Crippen molar-refractivity contribution in [1.82, 2.24) is 0 Å². The van der Waals surface area contributed by atoms with Gasteiger partial charge in [0, 0.05) is 11.6 Å². The SMILES string of the molecule is NC(=O)c1cccc(-c2ccc(OCCCCc3cc(F)cc(F)c3)cc2)c1. The highest BCUT2D eigenvalue weighted by atomic mass is 19.1. The molecule has 0 spiro atoms. The van der Waals surface area contributed by atoms with Crippen molar-refractivity contribution in [3.8, 4) is 16.9 Å². The van der Waals surface area contributed by atoms with Crippen molar-refractivity contribution >= 4 is 5.91 Å². The molecule has 144 valence electrons. The second-order valence-electron chi connectivity index (χ2n) is 6.55. The van der Waals surface area contributed by atoms with E-state index >= 15 is 0 Å². The fourth-order valence-electron chi connectivity index (χ4n) is 2.97. The van der Waals surface area contributed by atoms with E-state index in [0.29, 0.717) is 24.2 Å². The Bertz CT molecular complexity index is 935. The van der Waals surface area contributed by atoms with Crippen LogP contribution in [0.5, 0.6) is 5.75 Å². The number of benzene rings is 3. The third-order valence-electron chi connectivity index (χ3n) is 4.39. The second kappa shape index (κ2) is 9.13. The first-order valence-corrected chi connectivity index (χ1v) is 9.09. The smallest absolute Gasteiger partial charge is 0.248 e. The average Bonchev–Trinajstić information content (AvgIpc) is 2.67. The number of carbonyl (C=O) groups excluding carboxylic acids is 1. The maximum atomic E-state index is 13.2. The summed E-state index contributed by atoms with van der Waals surface area (Å²) >= 11 is 0. The van der Waals surface area contributed by atoms with E-state index in [9.17, 15) is 13.6 Å². The summed E-state index contributed by atoms with van der Waals surface area (Å²) < 4.78 is 32.0. The zero-order valence-corrected chi connectivity index (χ0v) is 15.3. The first-order valence-electron chi connectivity index (χ1n) is 9.09. The molecule has 28 heavy (non-hydrogen) atoms. The molecule has 0 bridgehead atoms. The number of hydrogen-bond acceptors (Lipinski definition) is 2. The standard InChI is InChI=1S/C23H21F2NO2/c24-20-12-16(13-21(25)15-20)4-1-2-11-28-22-9-7-17(8-10-22)18-5-3-6-19(14-18)23(26)27/h3,5-10,12-15H,1-2,4,11H2,(H2,26,27). The number of aryl methyl sites for hydroxylation is 1. The van der Waals surface area contributed by atoms with E-state index in [0.717, 1.165) is 35.8 Å². The minimum absolute atomic E-state index is 0.456. The first-order chi connectivity index (χ1) is 13.5. The molecule has 0 aliphatic rings. The van der Waals surface area contributed by atoms with E-state index in [4.69, 9.17) is 10.5 Å². The van der Waals surface area contributed by atoms with Crippen molar-refractivity contribution in [3.05, 3.63) is 89.5 Å². The van der Waals surface area contributed by atoms with Crippen molar-refractivity contribution in [2.45, 2.75) is 19.3 Å². The van der Waals surface area contributed by atoms with Gasteiger partial charge in [-0.25, -0.2) is 8.78 Å². The van der Waals surface area contributed by atoms with Gasteiger partial charge in [-0.2, -0.15) is 0 Å². The Morgan fingerprint density at radius 2 is 1.57 bits per heavy atom. The molecular formula is C23H21F2NO2. The van der Waals surface area contributed by atoms with E-state index in [1.54, 1.807) is 18.2 Å². The van der Waals surface area contributed by atoms with Crippen molar-refractivity contribution in [2.75, 3.05) is 6.61 Å². The van der Waals surface area contributed by atoms with Crippen LogP contribution < -0.4 is 10.5 Å². The summed E-state index contributed by atoms with van der Waals surface area (Å²) in [5, 5.41) is 0. The Morgan fingerprint density at radius 1 is 0.857 bits per heavy atom. The predicted molar refractivity (Wildman–Crippen MR) is 105 cm³/mol. The van der Waals surface area contributed by atoms with Gasteiger partial charge in [0.25, 0.3) is 0 Å². The largest absolute Gasteiger partial charge is 0.494 e. The molecule has 5 heteroatoms. The lowest BCUT2D eigenvalue weighted by Gasteiger charge is -2.08. The van der Waals surface area contributed by atoms with Crippen LogP contribution in [-0.2, 0) is 6.42 Å². The van der Waals surface area contributed by atoms with Crippen LogP contribution in [0.4, 0.5) is 8.78 Å². The number of unbranched alkanes of at least 4 members (excludes halogenated alkanes) is 1. The molecule has 0 unspecified atom stereocenters. The van der Waals surface area contributed by atoms with Crippen LogP contribution in [-0.4, -0.2) is 12.5 Å². The molecule has 3 aromatic carbocycles. The molecule has 3 rings (SSSR count). The lowest BCUT2D eigenvalue weighted by atomic mass is 10.0. The average molecular weight is 381 g/mol. The number of halogens is 2. The summed E-state index contributed by atoms with van der Waals surface area (Å²) in [5.74, 6) is -0.810. The fraction of sp³-hybridized carbons (Fsp3) is 0.174. The third-order valence-corrected chi connectivity index (χ3v) is 4.39. The molecule has 0 aliphatic heterocycles. The second-order valence-corrected chi connectivity index (χ2v) is 6.55. The van der Waals surface area contributed by atoms with Gasteiger partial charge in [-0.3, -0.25) is 4.79 Å². The van der Waals surface area contributed by atoms with Crippen LogP contribution >= 0.6 is 0 Å². The number of carbonyl (C=O) groups is 1. The molecule has 0 radical (unpaired) electrons. The summed E-state index contributed by atoms with van der Waals surface area (Å²) in [6, 6.07) is 18.3. The van der Waals surface area contributed by atoms with E-state index in [-0.39, 0.29) is 0 Å². The maximum absolute atomic E-state index is 13.2. The van der Waals surface area contributed by atoms with Crippen LogP contribution in [0.1, 0.15) is 28.8 Å². The molecule has 0 fully saturated rings. The number of amides is 1. The quantitative estimate of drug-likeness (QED) is 0.550. The number of primary amides is 1. The Labute approximate surface area is 162 Å². The van der Waals surface area contributed by atoms with Crippen LogP contribution in [0, 0.1) is 11.6 Å². The lowest BCUT2D eigenvalue weighted by molar-refractivity contribution is 0.100. The number of ether oxygens (including phenoxy) is 1. The molecule has 0 aliphatic carbocycles. The van der Waals surface area contributed by atoms with Gasteiger partial charge in [0.05, 0.1) is 6.61 Å². The number of nitrogens with two attached hydrogens (primary N) is 1. The van der Waals surface area contributed by atoms with Crippen molar-refractivity contribution in [2.24, 2.45) is 5.73 Å². The topological polar surface area (TPSA) is 52.3 Å². The molecule has 1 amide bonds. The van der Waals surface area contributed by atoms with Gasteiger partial charge < -0.3 is 10.5 Å². The molecule has 0 saturated carbocycles. The summed E-state index contributed by atoms with van der Waals surface area (Å²) in [7, 11) is 0. The van der Waals surface area contributed by atoms with Gasteiger partial charge in [0.1, 0.15) is 17.4 Å². The molecule has 3 aromatic rings. The Kier molecular flexibility index (Phi) is 6.37. The molecule has 0 atom stereocenters. The van der Waals surface area contributed by atoms with Crippen molar-refractivity contribution in [1.29, 1.82) is 0 Å². The third kappa shape index (κ3) is 5.39. The minimum atomic E-state index is -0.548. The van der Waals surface area contributed by atoms with E-state index in [2.05, 4.69) is 0 Å². The molecule has 0 heterocycles. The predicted octanol–water partition coefficient (Wildman–Crippen LogP) is 5.13. The van der Waals surface area contributed by atoms with Gasteiger partial charge >= 0.3 is 0 Å².